The highest BCUT2D eigenvalue weighted by molar-refractivity contribution is 8.03. The summed E-state index contributed by atoms with van der Waals surface area (Å²) < 4.78 is 5.45. The van der Waals surface area contributed by atoms with Crippen LogP contribution in [0.5, 0.6) is 5.75 Å². The first-order valence-corrected chi connectivity index (χ1v) is 11.2. The molecule has 2 aromatic carbocycles. The van der Waals surface area contributed by atoms with E-state index in [9.17, 15) is 14.9 Å². The summed E-state index contributed by atoms with van der Waals surface area (Å²) >= 11 is 13.0. The lowest BCUT2D eigenvalue weighted by Crippen LogP contribution is -2.31. The van der Waals surface area contributed by atoms with E-state index in [1.807, 2.05) is 31.2 Å². The summed E-state index contributed by atoms with van der Waals surface area (Å²) in [5.41, 5.74) is 1.73. The van der Waals surface area contributed by atoms with Gasteiger partial charge in [-0.1, -0.05) is 47.1 Å². The largest absolute Gasteiger partial charge is 0.494 e. The van der Waals surface area contributed by atoms with Crippen molar-refractivity contribution < 1.29 is 14.3 Å². The van der Waals surface area contributed by atoms with Crippen molar-refractivity contribution >= 4 is 52.5 Å². The molecule has 2 aromatic rings. The number of nitrogens with zero attached hydrogens (tertiary/aromatic N) is 1. The van der Waals surface area contributed by atoms with E-state index < -0.39 is 0 Å². The number of allylic oxidation sites excluding steroid dienone is 1. The van der Waals surface area contributed by atoms with Gasteiger partial charge in [-0.05, 0) is 42.8 Å². The van der Waals surface area contributed by atoms with Crippen LogP contribution in [0.2, 0.25) is 10.0 Å². The SMILES string of the molecule is CCOc1ccc([C@@H]2CC(=O)NC(SCC(=O)Nc3cc(Cl)cc(Cl)c3)=C2C#N)cc1. The summed E-state index contributed by atoms with van der Waals surface area (Å²) in [7, 11) is 0. The lowest BCUT2D eigenvalue weighted by atomic mass is 9.87. The quantitative estimate of drug-likeness (QED) is 0.580. The van der Waals surface area contributed by atoms with E-state index in [4.69, 9.17) is 27.9 Å². The zero-order chi connectivity index (χ0) is 22.4. The summed E-state index contributed by atoms with van der Waals surface area (Å²) in [5.74, 6) is -0.179. The summed E-state index contributed by atoms with van der Waals surface area (Å²) in [4.78, 5) is 24.6. The second-order valence-corrected chi connectivity index (χ2v) is 8.51. The van der Waals surface area contributed by atoms with Crippen molar-refractivity contribution in [1.29, 1.82) is 5.26 Å². The van der Waals surface area contributed by atoms with Crippen LogP contribution in [0.4, 0.5) is 5.69 Å². The van der Waals surface area contributed by atoms with Gasteiger partial charge >= 0.3 is 0 Å². The monoisotopic (exact) mass is 475 g/mol. The standard InChI is InChI=1S/C22H19Cl2N3O3S/c1-2-30-17-5-3-13(4-6-17)18-10-20(28)27-22(19(18)11-25)31-12-21(29)26-16-8-14(23)7-15(24)9-16/h3-9,18H,2,10,12H2,1H3,(H,26,29)(H,27,28)/t18-/m0/s1. The molecule has 0 unspecified atom stereocenters. The molecule has 0 aliphatic carbocycles. The van der Waals surface area contributed by atoms with Gasteiger partial charge in [0, 0.05) is 28.1 Å². The van der Waals surface area contributed by atoms with Crippen molar-refractivity contribution in [2.75, 3.05) is 17.7 Å². The molecule has 1 heterocycles. The lowest BCUT2D eigenvalue weighted by molar-refractivity contribution is -0.121. The van der Waals surface area contributed by atoms with Crippen LogP contribution in [0, 0.1) is 11.3 Å². The maximum absolute atomic E-state index is 12.4. The molecular weight excluding hydrogens is 457 g/mol. The Kier molecular flexibility index (Phi) is 7.85. The van der Waals surface area contributed by atoms with Gasteiger partial charge in [0.2, 0.25) is 11.8 Å². The normalized spacial score (nSPS) is 15.8. The van der Waals surface area contributed by atoms with Crippen LogP contribution in [-0.4, -0.2) is 24.2 Å². The molecule has 9 heteroatoms. The van der Waals surface area contributed by atoms with Crippen LogP contribution in [0.15, 0.2) is 53.1 Å². The highest BCUT2D eigenvalue weighted by Gasteiger charge is 2.30. The number of thioether (sulfide) groups is 1. The molecule has 0 saturated heterocycles. The van der Waals surface area contributed by atoms with Crippen LogP contribution in [-0.2, 0) is 9.59 Å². The molecule has 1 atom stereocenters. The Labute approximate surface area is 194 Å². The first kappa shape index (κ1) is 23.0. The van der Waals surface area contributed by atoms with Gasteiger partial charge in [-0.15, -0.1) is 0 Å². The fourth-order valence-electron chi connectivity index (χ4n) is 3.14. The third-order valence-corrected chi connectivity index (χ3v) is 5.90. The number of rotatable bonds is 7. The molecule has 0 fully saturated rings. The molecule has 0 radical (unpaired) electrons. The summed E-state index contributed by atoms with van der Waals surface area (Å²) in [6.07, 6.45) is 0.161. The maximum atomic E-state index is 12.4. The van der Waals surface area contributed by atoms with Crippen molar-refractivity contribution in [1.82, 2.24) is 5.32 Å². The van der Waals surface area contributed by atoms with Crippen LogP contribution < -0.4 is 15.4 Å². The minimum atomic E-state index is -0.383. The van der Waals surface area contributed by atoms with Crippen LogP contribution >= 0.6 is 35.0 Å². The second-order valence-electron chi connectivity index (χ2n) is 6.66. The van der Waals surface area contributed by atoms with Gasteiger partial charge in [0.1, 0.15) is 5.75 Å². The minimum absolute atomic E-state index is 0.000916. The van der Waals surface area contributed by atoms with Crippen LogP contribution in [0.25, 0.3) is 0 Å². The van der Waals surface area contributed by atoms with E-state index in [-0.39, 0.29) is 29.9 Å². The molecule has 0 bridgehead atoms. The first-order chi connectivity index (χ1) is 14.9. The van der Waals surface area contributed by atoms with Crippen molar-refractivity contribution in [2.24, 2.45) is 0 Å². The minimum Gasteiger partial charge on any atom is -0.494 e. The third kappa shape index (κ3) is 6.17. The van der Waals surface area contributed by atoms with Gasteiger partial charge in [0.15, 0.2) is 0 Å². The fraction of sp³-hybridized carbons (Fsp3) is 0.227. The zero-order valence-electron chi connectivity index (χ0n) is 16.6. The van der Waals surface area contributed by atoms with E-state index in [1.165, 1.54) is 0 Å². The Morgan fingerprint density at radius 1 is 1.26 bits per heavy atom. The second kappa shape index (κ2) is 10.6. The first-order valence-electron chi connectivity index (χ1n) is 9.45. The molecule has 2 N–H and O–H groups in total. The van der Waals surface area contributed by atoms with E-state index in [0.29, 0.717) is 32.9 Å². The number of nitrogens with one attached hydrogen (secondary N) is 2. The molecule has 6 nitrogen and oxygen atoms in total. The van der Waals surface area contributed by atoms with Crippen molar-refractivity contribution in [2.45, 2.75) is 19.3 Å². The average molecular weight is 476 g/mol. The Bertz CT molecular complexity index is 1040. The molecule has 0 saturated carbocycles. The molecule has 0 spiro atoms. The molecule has 0 aromatic heterocycles. The molecule has 1 aliphatic rings. The van der Waals surface area contributed by atoms with Crippen molar-refractivity contribution in [3.8, 4) is 11.8 Å². The van der Waals surface area contributed by atoms with Gasteiger partial charge in [-0.25, -0.2) is 0 Å². The van der Waals surface area contributed by atoms with E-state index in [1.54, 1.807) is 18.2 Å². The molecule has 3 rings (SSSR count). The predicted molar refractivity (Wildman–Crippen MR) is 123 cm³/mol. The number of benzene rings is 2. The van der Waals surface area contributed by atoms with Gasteiger partial charge in [0.05, 0.1) is 29.0 Å². The van der Waals surface area contributed by atoms with Crippen molar-refractivity contribution in [3.63, 3.8) is 0 Å². The average Bonchev–Trinajstić information content (AvgIpc) is 2.72. The maximum Gasteiger partial charge on any atom is 0.234 e. The van der Waals surface area contributed by atoms with Gasteiger partial charge in [-0.2, -0.15) is 5.26 Å². The lowest BCUT2D eigenvalue weighted by Gasteiger charge is -2.25. The number of halogens is 2. The highest BCUT2D eigenvalue weighted by Crippen LogP contribution is 2.36. The topological polar surface area (TPSA) is 91.2 Å². The Balaban J connectivity index is 1.74. The number of hydrogen-bond acceptors (Lipinski definition) is 5. The Morgan fingerprint density at radius 2 is 1.94 bits per heavy atom. The number of ether oxygens (including phenoxy) is 1. The predicted octanol–water partition coefficient (Wildman–Crippen LogP) is 5.10. The third-order valence-electron chi connectivity index (χ3n) is 4.44. The molecule has 1 aliphatic heterocycles. The summed E-state index contributed by atoms with van der Waals surface area (Å²) in [6.45, 7) is 2.45. The molecule has 31 heavy (non-hydrogen) atoms. The highest BCUT2D eigenvalue weighted by atomic mass is 35.5. The molecular formula is C22H19Cl2N3O3S. The smallest absolute Gasteiger partial charge is 0.234 e. The number of carbonyl (C=O) groups excluding carboxylic acids is 2. The zero-order valence-corrected chi connectivity index (χ0v) is 18.9. The van der Waals surface area contributed by atoms with Gasteiger partial charge < -0.3 is 15.4 Å². The van der Waals surface area contributed by atoms with Crippen LogP contribution in [0.3, 0.4) is 0 Å². The van der Waals surface area contributed by atoms with Gasteiger partial charge in [0.25, 0.3) is 0 Å². The summed E-state index contributed by atoms with van der Waals surface area (Å²) in [5, 5.41) is 16.4. The summed E-state index contributed by atoms with van der Waals surface area (Å²) in [6, 6.07) is 14.3. The van der Waals surface area contributed by atoms with E-state index >= 15 is 0 Å². The number of amides is 2. The van der Waals surface area contributed by atoms with Gasteiger partial charge in [-0.3, -0.25) is 9.59 Å². The Hall–Kier alpha value is -2.66. The molecule has 2 amide bonds. The van der Waals surface area contributed by atoms with E-state index in [2.05, 4.69) is 16.7 Å². The van der Waals surface area contributed by atoms with Crippen molar-refractivity contribution in [3.05, 3.63) is 68.7 Å². The molecule has 160 valence electrons. The number of anilines is 1. The number of carbonyl (C=O) groups is 2. The van der Waals surface area contributed by atoms with E-state index in [0.717, 1.165) is 23.1 Å². The number of nitriles is 1. The van der Waals surface area contributed by atoms with Crippen LogP contribution in [0.1, 0.15) is 24.8 Å². The fourth-order valence-corrected chi connectivity index (χ4v) is 4.54. The Morgan fingerprint density at radius 3 is 2.55 bits per heavy atom. The number of hydrogen-bond donors (Lipinski definition) is 2.